The summed E-state index contributed by atoms with van der Waals surface area (Å²) in [4.78, 5) is 11.4. The Hall–Kier alpha value is -3.48. The third-order valence-corrected chi connectivity index (χ3v) is 7.53. The van der Waals surface area contributed by atoms with Gasteiger partial charge in [0.15, 0.2) is 0 Å². The van der Waals surface area contributed by atoms with E-state index in [4.69, 9.17) is 8.71 Å². The minimum atomic E-state index is -4.45. The molecular formula is C23H21N2O8S2-. The maximum Gasteiger partial charge on any atom is 0.341 e. The van der Waals surface area contributed by atoms with E-state index < -0.39 is 33.7 Å². The predicted octanol–water partition coefficient (Wildman–Crippen LogP) is 3.45. The van der Waals surface area contributed by atoms with E-state index in [1.807, 2.05) is 0 Å². The highest BCUT2D eigenvalue weighted by molar-refractivity contribution is 7.87. The standard InChI is InChI=1S/C23H22N2O8S2/c1-13-21(15(3)32-24-13)18-5-4-6-19-22(18)23(14(2)25(19)11-20(26)27)35(30,31)33-17-9-7-16(8-10-17)12-34(28)29/h4-10H,11-12H2,1-3H3,(H,26,27)(H,28,29)/p-1. The molecule has 2 heterocycles. The van der Waals surface area contributed by atoms with Crippen molar-refractivity contribution in [1.29, 1.82) is 0 Å². The van der Waals surface area contributed by atoms with E-state index in [9.17, 15) is 27.1 Å². The van der Waals surface area contributed by atoms with E-state index in [-0.39, 0.29) is 22.1 Å². The van der Waals surface area contributed by atoms with Crippen molar-refractivity contribution in [2.24, 2.45) is 0 Å². The van der Waals surface area contributed by atoms with Gasteiger partial charge in [0.25, 0.3) is 0 Å². The Labute approximate surface area is 203 Å². The van der Waals surface area contributed by atoms with Gasteiger partial charge >= 0.3 is 16.1 Å². The Morgan fingerprint density at radius 1 is 1.17 bits per heavy atom. The average molecular weight is 518 g/mol. The molecule has 0 aliphatic carbocycles. The molecule has 0 spiro atoms. The fourth-order valence-electron chi connectivity index (χ4n) is 4.15. The molecule has 1 N–H and O–H groups in total. The van der Waals surface area contributed by atoms with E-state index in [2.05, 4.69) is 5.16 Å². The van der Waals surface area contributed by atoms with Crippen molar-refractivity contribution in [2.75, 3.05) is 0 Å². The Morgan fingerprint density at radius 3 is 2.43 bits per heavy atom. The molecule has 1 atom stereocenters. The summed E-state index contributed by atoms with van der Waals surface area (Å²) in [6.07, 6.45) is 0. The Balaban J connectivity index is 1.92. The maximum absolute atomic E-state index is 13.6. The number of rotatable bonds is 8. The molecule has 4 rings (SSSR count). The molecule has 0 amide bonds. The van der Waals surface area contributed by atoms with Crippen molar-refractivity contribution in [1.82, 2.24) is 9.72 Å². The van der Waals surface area contributed by atoms with E-state index in [1.54, 1.807) is 32.0 Å². The fourth-order valence-corrected chi connectivity index (χ4v) is 6.00. The molecule has 4 aromatic rings. The molecule has 1 unspecified atom stereocenters. The number of aliphatic carboxylic acids is 1. The monoisotopic (exact) mass is 517 g/mol. The van der Waals surface area contributed by atoms with Crippen molar-refractivity contribution in [3.63, 3.8) is 0 Å². The van der Waals surface area contributed by atoms with E-state index in [0.29, 0.717) is 39.0 Å². The number of carboxylic acid groups (broad SMARTS) is 1. The first-order chi connectivity index (χ1) is 16.5. The van der Waals surface area contributed by atoms with Crippen molar-refractivity contribution in [3.05, 3.63) is 65.2 Å². The average Bonchev–Trinajstić information content (AvgIpc) is 3.25. The van der Waals surface area contributed by atoms with Gasteiger partial charge in [-0.15, -0.1) is 0 Å². The van der Waals surface area contributed by atoms with Gasteiger partial charge in [-0.05, 0) is 50.1 Å². The normalized spacial score (nSPS) is 12.7. The molecule has 0 saturated heterocycles. The number of hydrogen-bond acceptors (Lipinski definition) is 8. The summed E-state index contributed by atoms with van der Waals surface area (Å²) >= 11 is -2.29. The molecule has 10 nitrogen and oxygen atoms in total. The van der Waals surface area contributed by atoms with E-state index >= 15 is 0 Å². The number of aryl methyl sites for hydroxylation is 2. The second kappa shape index (κ2) is 9.29. The van der Waals surface area contributed by atoms with Crippen molar-refractivity contribution >= 4 is 38.1 Å². The Bertz CT molecular complexity index is 1550. The minimum absolute atomic E-state index is 0.0150. The number of carbonyl (C=O) groups is 1. The van der Waals surface area contributed by atoms with Crippen LogP contribution in [0.2, 0.25) is 0 Å². The number of fused-ring (bicyclic) bond motifs is 1. The maximum atomic E-state index is 13.6. The molecule has 2 aromatic heterocycles. The van der Waals surface area contributed by atoms with Gasteiger partial charge in [-0.1, -0.05) is 40.5 Å². The van der Waals surface area contributed by atoms with Gasteiger partial charge in [-0.3, -0.25) is 9.00 Å². The van der Waals surface area contributed by atoms with Gasteiger partial charge in [-0.25, -0.2) is 0 Å². The second-order valence-electron chi connectivity index (χ2n) is 7.92. The molecule has 0 saturated carbocycles. The van der Waals surface area contributed by atoms with Crippen LogP contribution in [0, 0.1) is 20.8 Å². The van der Waals surface area contributed by atoms with Crippen LogP contribution in [0.5, 0.6) is 5.75 Å². The van der Waals surface area contributed by atoms with Gasteiger partial charge in [0.05, 0.1) is 11.2 Å². The zero-order valence-electron chi connectivity index (χ0n) is 19.0. The van der Waals surface area contributed by atoms with Crippen LogP contribution in [0.3, 0.4) is 0 Å². The van der Waals surface area contributed by atoms with Crippen LogP contribution in [0.15, 0.2) is 51.9 Å². The summed E-state index contributed by atoms with van der Waals surface area (Å²) in [7, 11) is -4.45. The van der Waals surface area contributed by atoms with Gasteiger partial charge in [-0.2, -0.15) is 8.42 Å². The Kier molecular flexibility index (Phi) is 6.54. The Morgan fingerprint density at radius 2 is 1.86 bits per heavy atom. The number of carboxylic acids is 1. The molecule has 0 bridgehead atoms. The summed E-state index contributed by atoms with van der Waals surface area (Å²) < 4.78 is 61.0. The summed E-state index contributed by atoms with van der Waals surface area (Å²) in [5.74, 6) is -0.882. The molecule has 12 heteroatoms. The van der Waals surface area contributed by atoms with Crippen LogP contribution in [-0.4, -0.2) is 38.0 Å². The van der Waals surface area contributed by atoms with Gasteiger partial charge in [0.2, 0.25) is 0 Å². The number of aromatic nitrogens is 2. The third kappa shape index (κ3) is 4.72. The van der Waals surface area contributed by atoms with Crippen LogP contribution in [0.1, 0.15) is 22.7 Å². The molecule has 2 aromatic carbocycles. The first-order valence-corrected chi connectivity index (χ1v) is 13.0. The smallest absolute Gasteiger partial charge is 0.341 e. The van der Waals surface area contributed by atoms with Crippen LogP contribution in [0.4, 0.5) is 0 Å². The number of nitrogens with zero attached hydrogens (tertiary/aromatic N) is 2. The van der Waals surface area contributed by atoms with E-state index in [1.165, 1.54) is 35.8 Å². The van der Waals surface area contributed by atoms with Crippen LogP contribution < -0.4 is 4.18 Å². The largest absolute Gasteiger partial charge is 0.772 e. The highest BCUT2D eigenvalue weighted by Gasteiger charge is 2.31. The minimum Gasteiger partial charge on any atom is -0.772 e. The molecular weight excluding hydrogens is 496 g/mol. The quantitative estimate of drug-likeness (QED) is 0.273. The highest BCUT2D eigenvalue weighted by atomic mass is 32.2. The molecule has 0 aliphatic rings. The summed E-state index contributed by atoms with van der Waals surface area (Å²) in [6, 6.07) is 10.7. The first-order valence-electron chi connectivity index (χ1n) is 10.4. The highest BCUT2D eigenvalue weighted by Crippen LogP contribution is 2.40. The first kappa shape index (κ1) is 24.6. The SMILES string of the molecule is Cc1noc(C)c1-c1cccc2c1c(S(=O)(=O)Oc1ccc(CS(=O)[O-])cc1)c(C)n2CC(=O)O. The zero-order valence-corrected chi connectivity index (χ0v) is 20.6. The lowest BCUT2D eigenvalue weighted by molar-refractivity contribution is -0.137. The van der Waals surface area contributed by atoms with Crippen molar-refractivity contribution in [3.8, 4) is 16.9 Å². The number of hydrogen-bond donors (Lipinski definition) is 1. The van der Waals surface area contributed by atoms with Crippen LogP contribution in [-0.2, 0) is 38.3 Å². The molecule has 0 radical (unpaired) electrons. The molecule has 35 heavy (non-hydrogen) atoms. The van der Waals surface area contributed by atoms with Gasteiger partial charge in [0.1, 0.15) is 22.9 Å². The van der Waals surface area contributed by atoms with Crippen LogP contribution in [0.25, 0.3) is 22.0 Å². The van der Waals surface area contributed by atoms with Crippen LogP contribution >= 0.6 is 0 Å². The zero-order chi connectivity index (χ0) is 25.5. The lowest BCUT2D eigenvalue weighted by atomic mass is 10.0. The fraction of sp³-hybridized carbons (Fsp3) is 0.217. The molecule has 0 aliphatic heterocycles. The predicted molar refractivity (Wildman–Crippen MR) is 126 cm³/mol. The lowest BCUT2D eigenvalue weighted by Gasteiger charge is -2.11. The van der Waals surface area contributed by atoms with Gasteiger partial charge in [0, 0.05) is 22.4 Å². The van der Waals surface area contributed by atoms with Gasteiger partial charge < -0.3 is 22.9 Å². The lowest BCUT2D eigenvalue weighted by Crippen LogP contribution is -2.14. The second-order valence-corrected chi connectivity index (χ2v) is 10.3. The van der Waals surface area contributed by atoms with Crippen molar-refractivity contribution < 1.29 is 35.8 Å². The summed E-state index contributed by atoms with van der Waals surface area (Å²) in [5.41, 5.74) is 2.74. The number of benzene rings is 2. The molecule has 184 valence electrons. The summed E-state index contributed by atoms with van der Waals surface area (Å²) in [5, 5.41) is 13.7. The summed E-state index contributed by atoms with van der Waals surface area (Å²) in [6.45, 7) is 4.50. The molecule has 0 fully saturated rings. The third-order valence-electron chi connectivity index (χ3n) is 5.55. The topological polar surface area (TPSA) is 152 Å². The van der Waals surface area contributed by atoms with E-state index in [0.717, 1.165) is 0 Å². The van der Waals surface area contributed by atoms with Crippen molar-refractivity contribution in [2.45, 2.75) is 38.0 Å².